The summed E-state index contributed by atoms with van der Waals surface area (Å²) < 4.78 is 0. The fraction of sp³-hybridized carbons (Fsp3) is 0.462. The number of amides is 1. The number of nitrogens with one attached hydrogen (secondary N) is 3. The van der Waals surface area contributed by atoms with Crippen molar-refractivity contribution in [2.75, 3.05) is 17.3 Å². The Bertz CT molecular complexity index is 633. The van der Waals surface area contributed by atoms with Gasteiger partial charge in [0.25, 0.3) is 0 Å². The van der Waals surface area contributed by atoms with Crippen molar-refractivity contribution in [2.24, 2.45) is 5.84 Å². The van der Waals surface area contributed by atoms with E-state index in [1.54, 1.807) is 0 Å². The van der Waals surface area contributed by atoms with Gasteiger partial charge in [-0.2, -0.15) is 4.98 Å². The zero-order valence-corrected chi connectivity index (χ0v) is 13.2. The van der Waals surface area contributed by atoms with Gasteiger partial charge in [-0.15, -0.1) is 11.3 Å². The number of nitrogens with zero attached hydrogens (tertiary/aromatic N) is 2. The van der Waals surface area contributed by atoms with E-state index in [4.69, 9.17) is 5.84 Å². The number of nitrogen functional groups attached to an aromatic ring is 1. The second-order valence-corrected chi connectivity index (χ2v) is 6.55. The largest absolute Gasteiger partial charge is 0.369 e. The van der Waals surface area contributed by atoms with Crippen LogP contribution in [0.15, 0.2) is 11.4 Å². The molecule has 2 rings (SSSR count). The van der Waals surface area contributed by atoms with Gasteiger partial charge in [0.2, 0.25) is 11.9 Å². The summed E-state index contributed by atoms with van der Waals surface area (Å²) in [5.74, 6) is 6.40. The molecule has 1 amide bonds. The average molecular weight is 308 g/mol. The number of hydrazine groups is 1. The van der Waals surface area contributed by atoms with E-state index in [-0.39, 0.29) is 11.4 Å². The number of fused-ring (bicyclic) bond motifs is 1. The van der Waals surface area contributed by atoms with Crippen molar-refractivity contribution < 1.29 is 4.79 Å². The third-order valence-corrected chi connectivity index (χ3v) is 3.42. The Kier molecular flexibility index (Phi) is 4.59. The Morgan fingerprint density at radius 2 is 2.14 bits per heavy atom. The van der Waals surface area contributed by atoms with Gasteiger partial charge >= 0.3 is 0 Å². The Morgan fingerprint density at radius 3 is 2.81 bits per heavy atom. The number of nitrogens with two attached hydrogens (primary N) is 1. The maximum absolute atomic E-state index is 11.8. The zero-order chi connectivity index (χ0) is 15.5. The van der Waals surface area contributed by atoms with Gasteiger partial charge in [0.15, 0.2) is 0 Å². The first-order chi connectivity index (χ1) is 9.89. The molecule has 0 aliphatic heterocycles. The summed E-state index contributed by atoms with van der Waals surface area (Å²) in [6.07, 6.45) is 0.373. The summed E-state index contributed by atoms with van der Waals surface area (Å²) in [5.41, 5.74) is 2.23. The maximum Gasteiger partial charge on any atom is 0.240 e. The van der Waals surface area contributed by atoms with E-state index in [0.29, 0.717) is 24.7 Å². The molecular weight excluding hydrogens is 288 g/mol. The lowest BCUT2D eigenvalue weighted by Crippen LogP contribution is -2.41. The predicted molar refractivity (Wildman–Crippen MR) is 86.2 cm³/mol. The van der Waals surface area contributed by atoms with Crippen molar-refractivity contribution in [2.45, 2.75) is 32.7 Å². The second kappa shape index (κ2) is 6.23. The smallest absolute Gasteiger partial charge is 0.240 e. The average Bonchev–Trinajstić information content (AvgIpc) is 2.84. The van der Waals surface area contributed by atoms with Gasteiger partial charge in [0, 0.05) is 18.5 Å². The fourth-order valence-corrected chi connectivity index (χ4v) is 2.59. The maximum atomic E-state index is 11.8. The topological polar surface area (TPSA) is 105 Å². The van der Waals surface area contributed by atoms with Crippen molar-refractivity contribution >= 4 is 39.2 Å². The number of aromatic nitrogens is 2. The van der Waals surface area contributed by atoms with Crippen molar-refractivity contribution in [1.82, 2.24) is 15.3 Å². The van der Waals surface area contributed by atoms with E-state index < -0.39 is 0 Å². The predicted octanol–water partition coefficient (Wildman–Crippen LogP) is 1.69. The highest BCUT2D eigenvalue weighted by molar-refractivity contribution is 7.16. The molecule has 0 saturated carbocycles. The highest BCUT2D eigenvalue weighted by atomic mass is 32.1. The lowest BCUT2D eigenvalue weighted by atomic mass is 10.1. The van der Waals surface area contributed by atoms with E-state index in [1.165, 1.54) is 11.3 Å². The van der Waals surface area contributed by atoms with Crippen LogP contribution in [0.3, 0.4) is 0 Å². The molecule has 0 aliphatic rings. The Hall–Kier alpha value is -1.93. The molecule has 0 aromatic carbocycles. The summed E-state index contributed by atoms with van der Waals surface area (Å²) in [5, 5.41) is 8.95. The summed E-state index contributed by atoms with van der Waals surface area (Å²) in [6.45, 7) is 6.36. The molecule has 0 radical (unpaired) electrons. The van der Waals surface area contributed by atoms with Crippen LogP contribution in [-0.2, 0) is 4.79 Å². The van der Waals surface area contributed by atoms with E-state index in [0.717, 1.165) is 10.2 Å². The zero-order valence-electron chi connectivity index (χ0n) is 12.4. The second-order valence-electron chi connectivity index (χ2n) is 5.65. The van der Waals surface area contributed by atoms with Crippen LogP contribution >= 0.6 is 11.3 Å². The first-order valence-corrected chi connectivity index (χ1v) is 7.54. The van der Waals surface area contributed by atoms with Crippen molar-refractivity contribution in [3.05, 3.63) is 11.4 Å². The third-order valence-electron chi connectivity index (χ3n) is 2.61. The van der Waals surface area contributed by atoms with Crippen LogP contribution in [0.1, 0.15) is 27.2 Å². The summed E-state index contributed by atoms with van der Waals surface area (Å²) in [6, 6.07) is 1.94. The Labute approximate surface area is 127 Å². The number of rotatable bonds is 5. The van der Waals surface area contributed by atoms with E-state index in [2.05, 4.69) is 26.0 Å². The molecule has 8 heteroatoms. The van der Waals surface area contributed by atoms with E-state index in [1.807, 2.05) is 32.2 Å². The van der Waals surface area contributed by atoms with Gasteiger partial charge in [0.05, 0.1) is 5.39 Å². The highest BCUT2D eigenvalue weighted by Crippen LogP contribution is 2.26. The van der Waals surface area contributed by atoms with Crippen LogP contribution in [0.2, 0.25) is 0 Å². The van der Waals surface area contributed by atoms with Gasteiger partial charge in [0.1, 0.15) is 10.6 Å². The Morgan fingerprint density at radius 1 is 1.38 bits per heavy atom. The van der Waals surface area contributed by atoms with Crippen LogP contribution in [0.25, 0.3) is 10.2 Å². The fourth-order valence-electron chi connectivity index (χ4n) is 1.83. The molecule has 114 valence electrons. The van der Waals surface area contributed by atoms with Crippen LogP contribution < -0.4 is 21.9 Å². The first-order valence-electron chi connectivity index (χ1n) is 6.66. The minimum absolute atomic E-state index is 0.00259. The van der Waals surface area contributed by atoms with Crippen molar-refractivity contribution in [1.29, 1.82) is 0 Å². The lowest BCUT2D eigenvalue weighted by molar-refractivity contribution is -0.122. The molecule has 5 N–H and O–H groups in total. The molecule has 2 aromatic rings. The lowest BCUT2D eigenvalue weighted by Gasteiger charge is -2.20. The van der Waals surface area contributed by atoms with Crippen LogP contribution in [0.4, 0.5) is 11.8 Å². The monoisotopic (exact) mass is 308 g/mol. The molecule has 0 spiro atoms. The van der Waals surface area contributed by atoms with Gasteiger partial charge in [-0.1, -0.05) is 0 Å². The number of anilines is 2. The van der Waals surface area contributed by atoms with Crippen molar-refractivity contribution in [3.8, 4) is 0 Å². The van der Waals surface area contributed by atoms with Crippen molar-refractivity contribution in [3.63, 3.8) is 0 Å². The standard InChI is InChI=1S/C13H20N6OS/c1-13(2,3)18-9(20)4-6-15-10-8-5-7-21-11(8)17-12(16-10)19-14/h5,7H,4,6,14H2,1-3H3,(H,18,20)(H2,15,16,17,19). The van der Waals surface area contributed by atoms with Crippen LogP contribution in [0, 0.1) is 0 Å². The van der Waals surface area contributed by atoms with Gasteiger partial charge in [-0.3, -0.25) is 10.2 Å². The molecule has 0 atom stereocenters. The number of hydrogen-bond acceptors (Lipinski definition) is 7. The van der Waals surface area contributed by atoms with Gasteiger partial charge < -0.3 is 10.6 Å². The quantitative estimate of drug-likeness (QED) is 0.495. The van der Waals surface area contributed by atoms with Crippen LogP contribution in [0.5, 0.6) is 0 Å². The Balaban J connectivity index is 2.00. The minimum atomic E-state index is -0.219. The molecule has 0 aliphatic carbocycles. The summed E-state index contributed by atoms with van der Waals surface area (Å²) in [4.78, 5) is 21.2. The molecule has 0 fully saturated rings. The van der Waals surface area contributed by atoms with E-state index >= 15 is 0 Å². The molecule has 2 aromatic heterocycles. The molecule has 0 bridgehead atoms. The molecule has 0 saturated heterocycles. The molecule has 2 heterocycles. The van der Waals surface area contributed by atoms with Crippen LogP contribution in [-0.4, -0.2) is 28.0 Å². The highest BCUT2D eigenvalue weighted by Gasteiger charge is 2.14. The minimum Gasteiger partial charge on any atom is -0.369 e. The SMILES string of the molecule is CC(C)(C)NC(=O)CCNc1nc(NN)nc2sccc12. The molecule has 7 nitrogen and oxygen atoms in total. The number of carbonyl (C=O) groups excluding carboxylic acids is 1. The third kappa shape index (κ3) is 4.27. The normalized spacial score (nSPS) is 11.4. The van der Waals surface area contributed by atoms with Gasteiger partial charge in [-0.25, -0.2) is 10.8 Å². The summed E-state index contributed by atoms with van der Waals surface area (Å²) >= 11 is 1.51. The van der Waals surface area contributed by atoms with E-state index in [9.17, 15) is 4.79 Å². The number of carbonyl (C=O) groups is 1. The molecule has 21 heavy (non-hydrogen) atoms. The number of thiophene rings is 1. The van der Waals surface area contributed by atoms with Gasteiger partial charge in [-0.05, 0) is 32.2 Å². The first kappa shape index (κ1) is 15.5. The molecular formula is C13H20N6OS. The summed E-state index contributed by atoms with van der Waals surface area (Å²) in [7, 11) is 0. The molecule has 0 unspecified atom stereocenters. The number of hydrogen-bond donors (Lipinski definition) is 4.